The number of hydrogen-bond acceptors (Lipinski definition) is 10. The Morgan fingerprint density at radius 1 is 1.33 bits per heavy atom. The van der Waals surface area contributed by atoms with E-state index in [1.54, 1.807) is 0 Å². The number of para-hydroxylation sites is 1. The molecule has 1 aromatic heterocycles. The number of nitrogens with one attached hydrogen (secondary N) is 2. The van der Waals surface area contributed by atoms with Crippen molar-refractivity contribution in [1.29, 1.82) is 0 Å². The van der Waals surface area contributed by atoms with E-state index in [1.165, 1.54) is 29.5 Å². The minimum Gasteiger partial charge on any atom is -0.391 e. The van der Waals surface area contributed by atoms with Crippen molar-refractivity contribution in [2.45, 2.75) is 44.4 Å². The number of carbonyl (C=O) groups excluding carboxylic acids is 3. The highest BCUT2D eigenvalue weighted by molar-refractivity contribution is 7.79. The van der Waals surface area contributed by atoms with Crippen molar-refractivity contribution in [3.8, 4) is 0 Å². The minimum absolute atomic E-state index is 0.102. The highest BCUT2D eigenvalue weighted by atomic mass is 32.3. The molecule has 0 aliphatic carbocycles. The maximum absolute atomic E-state index is 13.2. The van der Waals surface area contributed by atoms with Crippen LogP contribution < -0.4 is 16.6 Å². The van der Waals surface area contributed by atoms with Crippen molar-refractivity contribution in [3.63, 3.8) is 0 Å². The lowest BCUT2D eigenvalue weighted by molar-refractivity contribution is -0.137. The molecular formula is C20H28N6O8S2. The molecule has 1 saturated heterocycles. The van der Waals surface area contributed by atoms with Crippen molar-refractivity contribution in [1.82, 2.24) is 20.6 Å². The Labute approximate surface area is 211 Å². The average Bonchev–Trinajstić information content (AvgIpc) is 3.40. The van der Waals surface area contributed by atoms with Crippen molar-refractivity contribution in [2.75, 3.05) is 13.1 Å². The Hall–Kier alpha value is -3.02. The number of aliphatic hydroxyl groups excluding tert-OH is 1. The van der Waals surface area contributed by atoms with E-state index in [1.807, 2.05) is 24.3 Å². The number of rotatable bonds is 9. The first-order valence-electron chi connectivity index (χ1n) is 10.7. The third kappa shape index (κ3) is 9.21. The maximum Gasteiger partial charge on any atom is 0.394 e. The summed E-state index contributed by atoms with van der Waals surface area (Å²) in [4.78, 5) is 47.7. The van der Waals surface area contributed by atoms with E-state index in [0.717, 1.165) is 10.2 Å². The van der Waals surface area contributed by atoms with Crippen LogP contribution in [-0.4, -0.2) is 87.7 Å². The number of aliphatic imine (C=N–C) groups is 1. The molecule has 0 bridgehead atoms. The maximum atomic E-state index is 13.2. The largest absolute Gasteiger partial charge is 0.394 e. The zero-order valence-electron chi connectivity index (χ0n) is 19.3. The highest BCUT2D eigenvalue weighted by Gasteiger charge is 2.39. The molecule has 2 aromatic rings. The monoisotopic (exact) mass is 544 g/mol. The molecule has 7 N–H and O–H groups in total. The second-order valence-electron chi connectivity index (χ2n) is 7.78. The number of nitrogens with two attached hydrogens (primary N) is 1. The van der Waals surface area contributed by atoms with Crippen molar-refractivity contribution < 1.29 is 37.0 Å². The van der Waals surface area contributed by atoms with E-state index in [9.17, 15) is 19.5 Å². The number of likely N-dealkylation sites (tertiary alicyclic amines) is 1. The number of ketones is 1. The van der Waals surface area contributed by atoms with Crippen molar-refractivity contribution >= 4 is 55.9 Å². The van der Waals surface area contributed by atoms with Crippen LogP contribution in [0.4, 0.5) is 0 Å². The molecule has 2 heterocycles. The number of nitrogens with zero attached hydrogens (tertiary/aromatic N) is 3. The van der Waals surface area contributed by atoms with Gasteiger partial charge in [-0.2, -0.15) is 8.42 Å². The standard InChI is InChI=1S/C20H26N6O4S.H2O4S/c1-12(27)26-10-13(28)9-16(26)19(30)24-15(6-4-8-22-11-23-21)18(29)20-25-14-5-2-3-7-17(14)31-20;1-5(2,3)4/h2-3,5,7,11,13,15-16,28H,4,6,8-10,21H2,1H3,(H,22,23)(H,24,30);(H2,1,2,3,4)/t13-,15+,16+;/m1./s1. The third-order valence-electron chi connectivity index (χ3n) is 5.07. The fourth-order valence-electron chi connectivity index (χ4n) is 3.58. The number of fused-ring (bicyclic) bond motifs is 1. The fourth-order valence-corrected chi connectivity index (χ4v) is 4.54. The van der Waals surface area contributed by atoms with Gasteiger partial charge in [-0.3, -0.25) is 28.5 Å². The Balaban J connectivity index is 0.000000830. The second-order valence-corrected chi connectivity index (χ2v) is 9.71. The summed E-state index contributed by atoms with van der Waals surface area (Å²) in [6.07, 6.45) is 1.60. The zero-order valence-corrected chi connectivity index (χ0v) is 20.9. The molecule has 198 valence electrons. The number of thiazole rings is 1. The summed E-state index contributed by atoms with van der Waals surface area (Å²) in [5.41, 5.74) is 3.03. The highest BCUT2D eigenvalue weighted by Crippen LogP contribution is 2.24. The summed E-state index contributed by atoms with van der Waals surface area (Å²) in [6.45, 7) is 1.88. The molecule has 0 spiro atoms. The Bertz CT molecular complexity index is 1160. The smallest absolute Gasteiger partial charge is 0.391 e. The molecule has 14 nitrogen and oxygen atoms in total. The Morgan fingerprint density at radius 2 is 2.00 bits per heavy atom. The lowest BCUT2D eigenvalue weighted by Crippen LogP contribution is -2.50. The molecule has 1 aliphatic heterocycles. The number of Topliss-reactive ketones (excluding diaryl/α,β-unsaturated/α-hetero) is 1. The summed E-state index contributed by atoms with van der Waals surface area (Å²) in [5.74, 6) is 4.10. The summed E-state index contributed by atoms with van der Waals surface area (Å²) < 4.78 is 32.5. The van der Waals surface area contributed by atoms with Crippen LogP contribution in [0.2, 0.25) is 0 Å². The molecule has 1 fully saturated rings. The Morgan fingerprint density at radius 3 is 2.61 bits per heavy atom. The van der Waals surface area contributed by atoms with E-state index in [0.29, 0.717) is 24.4 Å². The number of amides is 2. The first-order valence-corrected chi connectivity index (χ1v) is 12.9. The number of benzene rings is 1. The minimum atomic E-state index is -4.67. The van der Waals surface area contributed by atoms with Gasteiger partial charge in [-0.05, 0) is 25.0 Å². The van der Waals surface area contributed by atoms with E-state index in [4.69, 9.17) is 23.4 Å². The van der Waals surface area contributed by atoms with Gasteiger partial charge >= 0.3 is 10.4 Å². The summed E-state index contributed by atoms with van der Waals surface area (Å²) >= 11 is 1.27. The van der Waals surface area contributed by atoms with Crippen LogP contribution in [0.3, 0.4) is 0 Å². The number of aromatic nitrogens is 1. The van der Waals surface area contributed by atoms with Crippen molar-refractivity contribution in [2.24, 2.45) is 10.8 Å². The molecule has 0 radical (unpaired) electrons. The Kier molecular flexibility index (Phi) is 10.8. The van der Waals surface area contributed by atoms with E-state index in [2.05, 4.69) is 20.7 Å². The lowest BCUT2D eigenvalue weighted by Gasteiger charge is -2.24. The van der Waals surface area contributed by atoms with Gasteiger partial charge in [-0.1, -0.05) is 12.1 Å². The van der Waals surface area contributed by atoms with Gasteiger partial charge in [0.05, 0.1) is 28.7 Å². The first-order chi connectivity index (χ1) is 16.9. The van der Waals surface area contributed by atoms with Crippen LogP contribution in [0, 0.1) is 0 Å². The van der Waals surface area contributed by atoms with E-state index < -0.39 is 34.5 Å². The van der Waals surface area contributed by atoms with Gasteiger partial charge < -0.3 is 20.7 Å². The lowest BCUT2D eigenvalue weighted by atomic mass is 10.1. The predicted octanol–water partition coefficient (Wildman–Crippen LogP) is -0.435. The van der Waals surface area contributed by atoms with Gasteiger partial charge in [0.25, 0.3) is 0 Å². The van der Waals surface area contributed by atoms with Gasteiger partial charge in [0.1, 0.15) is 6.04 Å². The molecule has 2 amide bonds. The average molecular weight is 545 g/mol. The molecule has 3 rings (SSSR count). The molecule has 1 aromatic carbocycles. The van der Waals surface area contributed by atoms with E-state index in [-0.39, 0.29) is 24.7 Å². The van der Waals surface area contributed by atoms with Gasteiger partial charge in [-0.25, -0.2) is 10.8 Å². The quantitative estimate of drug-likeness (QED) is 0.0451. The number of carbonyl (C=O) groups is 3. The first kappa shape index (κ1) is 29.2. The van der Waals surface area contributed by atoms with Gasteiger partial charge in [0.15, 0.2) is 5.01 Å². The number of hydrogen-bond donors (Lipinski definition) is 6. The van der Waals surface area contributed by atoms with Gasteiger partial charge in [0, 0.05) is 26.4 Å². The summed E-state index contributed by atoms with van der Waals surface area (Å²) in [6, 6.07) is 5.81. The summed E-state index contributed by atoms with van der Waals surface area (Å²) in [7, 11) is -4.67. The van der Waals surface area contributed by atoms with Gasteiger partial charge in [-0.15, -0.1) is 11.3 Å². The van der Waals surface area contributed by atoms with Crippen LogP contribution in [0.25, 0.3) is 10.2 Å². The number of aliphatic hydroxyl groups is 1. The van der Waals surface area contributed by atoms with Gasteiger partial charge in [0.2, 0.25) is 17.6 Å². The third-order valence-corrected chi connectivity index (χ3v) is 6.12. The fraction of sp³-hybridized carbons (Fsp3) is 0.450. The van der Waals surface area contributed by atoms with Crippen LogP contribution >= 0.6 is 11.3 Å². The van der Waals surface area contributed by atoms with Crippen LogP contribution in [-0.2, 0) is 20.0 Å². The topological polar surface area (TPSA) is 225 Å². The van der Waals surface area contributed by atoms with Crippen LogP contribution in [0.1, 0.15) is 36.0 Å². The normalized spacial score (nSPS) is 18.5. The zero-order chi connectivity index (χ0) is 26.9. The predicted molar refractivity (Wildman–Crippen MR) is 132 cm³/mol. The van der Waals surface area contributed by atoms with Crippen LogP contribution in [0.15, 0.2) is 29.3 Å². The number of β-amino-alcohol motifs (C(OH)–C–C–N with tert-alkyl or cyclic N) is 1. The molecular weight excluding hydrogens is 516 g/mol. The molecule has 16 heteroatoms. The van der Waals surface area contributed by atoms with Crippen molar-refractivity contribution in [3.05, 3.63) is 29.3 Å². The number of hydrazine groups is 1. The molecule has 36 heavy (non-hydrogen) atoms. The SMILES string of the molecule is CC(=O)N1C[C@H](O)C[C@H]1C(=O)N[C@@H](CCCN=CNN)C(=O)c1nc2ccccc2s1.O=S(=O)(O)O. The molecule has 0 saturated carbocycles. The molecule has 0 unspecified atom stereocenters. The molecule has 1 aliphatic rings. The second kappa shape index (κ2) is 13.3. The molecule has 3 atom stereocenters. The van der Waals surface area contributed by atoms with Crippen LogP contribution in [0.5, 0.6) is 0 Å². The van der Waals surface area contributed by atoms with E-state index >= 15 is 0 Å². The summed E-state index contributed by atoms with van der Waals surface area (Å²) in [5, 5.41) is 13.0.